The van der Waals surface area contributed by atoms with Crippen molar-refractivity contribution >= 4 is 15.7 Å². The Morgan fingerprint density at radius 3 is 2.04 bits per heavy atom. The molecule has 25 heavy (non-hydrogen) atoms. The molecule has 0 amide bonds. The maximum atomic E-state index is 12.7. The van der Waals surface area contributed by atoms with E-state index < -0.39 is 10.0 Å². The molecule has 1 aliphatic heterocycles. The van der Waals surface area contributed by atoms with Crippen LogP contribution < -0.4 is 14.9 Å². The average molecular weight is 366 g/mol. The lowest BCUT2D eigenvalue weighted by Gasteiger charge is -2.29. The van der Waals surface area contributed by atoms with Gasteiger partial charge in [-0.15, -0.1) is 0 Å². The van der Waals surface area contributed by atoms with E-state index in [-0.39, 0.29) is 6.04 Å². The number of rotatable bonds is 4. The molecule has 6 heteroatoms. The standard InChI is InChI=1S/C19H31N3O2S/c23-25(24,21-17-7-5-3-1-2-4-6-8-17)19-11-9-18(10-12-19)22-15-13-20-14-16-22/h9-12,17,20-21H,1-8,13-16H2. The molecule has 2 N–H and O–H groups in total. The molecular formula is C19H31N3O2S. The molecule has 3 rings (SSSR count). The van der Waals surface area contributed by atoms with Crippen molar-refractivity contribution in [3.63, 3.8) is 0 Å². The minimum absolute atomic E-state index is 0.0796. The number of nitrogens with zero attached hydrogens (tertiary/aromatic N) is 1. The van der Waals surface area contributed by atoms with Gasteiger partial charge in [-0.3, -0.25) is 0 Å². The second kappa shape index (κ2) is 9.01. The molecule has 1 aromatic rings. The lowest BCUT2D eigenvalue weighted by molar-refractivity contribution is 0.482. The van der Waals surface area contributed by atoms with Crippen LogP contribution in [0.1, 0.15) is 51.4 Å². The van der Waals surface area contributed by atoms with Gasteiger partial charge >= 0.3 is 0 Å². The number of anilines is 1. The predicted octanol–water partition coefficient (Wildman–Crippen LogP) is 2.88. The number of sulfonamides is 1. The number of benzene rings is 1. The first-order chi connectivity index (χ1) is 12.1. The zero-order valence-corrected chi connectivity index (χ0v) is 15.9. The summed E-state index contributed by atoms with van der Waals surface area (Å²) in [5, 5.41) is 3.33. The van der Waals surface area contributed by atoms with Crippen LogP contribution in [-0.4, -0.2) is 40.6 Å². The highest BCUT2D eigenvalue weighted by molar-refractivity contribution is 7.89. The quantitative estimate of drug-likeness (QED) is 0.861. The molecule has 0 bridgehead atoms. The Hall–Kier alpha value is -1.11. The van der Waals surface area contributed by atoms with E-state index in [1.807, 2.05) is 12.1 Å². The Labute approximate surface area is 152 Å². The van der Waals surface area contributed by atoms with Crippen LogP contribution in [0.25, 0.3) is 0 Å². The fraction of sp³-hybridized carbons (Fsp3) is 0.684. The zero-order valence-electron chi connectivity index (χ0n) is 15.0. The van der Waals surface area contributed by atoms with Crippen LogP contribution in [0.3, 0.4) is 0 Å². The highest BCUT2D eigenvalue weighted by atomic mass is 32.2. The average Bonchev–Trinajstić information content (AvgIpc) is 2.76. The predicted molar refractivity (Wildman–Crippen MR) is 103 cm³/mol. The lowest BCUT2D eigenvalue weighted by atomic mass is 10.1. The third-order valence-electron chi connectivity index (χ3n) is 5.31. The van der Waals surface area contributed by atoms with Gasteiger partial charge in [0.2, 0.25) is 10.0 Å². The van der Waals surface area contributed by atoms with E-state index in [1.165, 1.54) is 25.7 Å². The lowest BCUT2D eigenvalue weighted by Crippen LogP contribution is -2.43. The van der Waals surface area contributed by atoms with Crippen LogP contribution in [0.5, 0.6) is 0 Å². The van der Waals surface area contributed by atoms with Crippen LogP contribution in [0.4, 0.5) is 5.69 Å². The van der Waals surface area contributed by atoms with Gasteiger partial charge in [0.05, 0.1) is 4.90 Å². The van der Waals surface area contributed by atoms with Gasteiger partial charge in [-0.25, -0.2) is 13.1 Å². The molecule has 2 aliphatic rings. The van der Waals surface area contributed by atoms with E-state index in [2.05, 4.69) is 14.9 Å². The summed E-state index contributed by atoms with van der Waals surface area (Å²) in [5.41, 5.74) is 1.10. The van der Waals surface area contributed by atoms with Gasteiger partial charge in [-0.1, -0.05) is 38.5 Å². The van der Waals surface area contributed by atoms with Crippen LogP contribution in [0, 0.1) is 0 Å². The molecule has 1 aliphatic carbocycles. The number of nitrogens with one attached hydrogen (secondary N) is 2. The molecule has 140 valence electrons. The van der Waals surface area contributed by atoms with E-state index >= 15 is 0 Å². The number of hydrogen-bond acceptors (Lipinski definition) is 4. The summed E-state index contributed by atoms with van der Waals surface area (Å²) in [6, 6.07) is 7.44. The van der Waals surface area contributed by atoms with Gasteiger partial charge in [-0.2, -0.15) is 0 Å². The van der Waals surface area contributed by atoms with Crippen LogP contribution in [-0.2, 0) is 10.0 Å². The van der Waals surface area contributed by atoms with E-state index in [4.69, 9.17) is 0 Å². The smallest absolute Gasteiger partial charge is 0.240 e. The number of piperazine rings is 1. The van der Waals surface area contributed by atoms with Crippen molar-refractivity contribution in [1.82, 2.24) is 10.0 Å². The zero-order chi connectivity index (χ0) is 17.5. The van der Waals surface area contributed by atoms with Gasteiger partial charge < -0.3 is 10.2 Å². The fourth-order valence-electron chi connectivity index (χ4n) is 3.80. The van der Waals surface area contributed by atoms with Crippen molar-refractivity contribution in [2.24, 2.45) is 0 Å². The van der Waals surface area contributed by atoms with E-state index in [0.29, 0.717) is 4.90 Å². The first-order valence-corrected chi connectivity index (χ1v) is 11.2. The van der Waals surface area contributed by atoms with Crippen molar-refractivity contribution in [1.29, 1.82) is 0 Å². The van der Waals surface area contributed by atoms with Crippen molar-refractivity contribution in [3.05, 3.63) is 24.3 Å². The Balaban J connectivity index is 1.64. The summed E-state index contributed by atoms with van der Waals surface area (Å²) in [5.74, 6) is 0. The first-order valence-electron chi connectivity index (χ1n) is 9.73. The SMILES string of the molecule is O=S(=O)(NC1CCCCCCCC1)c1ccc(N2CCNCC2)cc1. The molecule has 1 saturated carbocycles. The molecule has 0 aromatic heterocycles. The summed E-state index contributed by atoms with van der Waals surface area (Å²) < 4.78 is 28.4. The summed E-state index contributed by atoms with van der Waals surface area (Å²) in [7, 11) is -3.43. The molecule has 0 atom stereocenters. The molecule has 0 spiro atoms. The van der Waals surface area contributed by atoms with Gasteiger partial charge in [-0.05, 0) is 37.1 Å². The summed E-state index contributed by atoms with van der Waals surface area (Å²) in [4.78, 5) is 2.67. The van der Waals surface area contributed by atoms with Crippen molar-refractivity contribution in [2.75, 3.05) is 31.1 Å². The Morgan fingerprint density at radius 2 is 1.44 bits per heavy atom. The second-order valence-corrected chi connectivity index (χ2v) is 8.96. The molecule has 1 heterocycles. The summed E-state index contributed by atoms with van der Waals surface area (Å²) >= 11 is 0. The molecule has 2 fully saturated rings. The Bertz CT molecular complexity index is 615. The largest absolute Gasteiger partial charge is 0.369 e. The third kappa shape index (κ3) is 5.43. The second-order valence-electron chi connectivity index (χ2n) is 7.25. The van der Waals surface area contributed by atoms with Gasteiger partial charge in [0.1, 0.15) is 0 Å². The van der Waals surface area contributed by atoms with Crippen molar-refractivity contribution < 1.29 is 8.42 Å². The van der Waals surface area contributed by atoms with Gasteiger partial charge in [0, 0.05) is 37.9 Å². The minimum Gasteiger partial charge on any atom is -0.369 e. The highest BCUT2D eigenvalue weighted by Crippen LogP contribution is 2.21. The Morgan fingerprint density at radius 1 is 0.880 bits per heavy atom. The van der Waals surface area contributed by atoms with Gasteiger partial charge in [0.25, 0.3) is 0 Å². The highest BCUT2D eigenvalue weighted by Gasteiger charge is 2.21. The van der Waals surface area contributed by atoms with Gasteiger partial charge in [0.15, 0.2) is 0 Å². The van der Waals surface area contributed by atoms with Crippen LogP contribution >= 0.6 is 0 Å². The van der Waals surface area contributed by atoms with E-state index in [0.717, 1.165) is 57.5 Å². The van der Waals surface area contributed by atoms with E-state index in [1.54, 1.807) is 12.1 Å². The molecule has 0 unspecified atom stereocenters. The summed E-state index contributed by atoms with van der Waals surface area (Å²) in [6.45, 7) is 3.88. The fourth-order valence-corrected chi connectivity index (χ4v) is 5.10. The maximum Gasteiger partial charge on any atom is 0.240 e. The molecule has 1 aromatic carbocycles. The van der Waals surface area contributed by atoms with Crippen molar-refractivity contribution in [2.45, 2.75) is 62.3 Å². The van der Waals surface area contributed by atoms with Crippen LogP contribution in [0.2, 0.25) is 0 Å². The normalized spacial score (nSPS) is 21.4. The van der Waals surface area contributed by atoms with Crippen LogP contribution in [0.15, 0.2) is 29.2 Å². The van der Waals surface area contributed by atoms with Crippen molar-refractivity contribution in [3.8, 4) is 0 Å². The molecule has 0 radical (unpaired) electrons. The number of hydrogen-bond donors (Lipinski definition) is 2. The Kier molecular flexibility index (Phi) is 6.73. The summed E-state index contributed by atoms with van der Waals surface area (Å²) in [6.07, 6.45) is 9.16. The molecular weight excluding hydrogens is 334 g/mol. The molecule has 1 saturated heterocycles. The monoisotopic (exact) mass is 365 g/mol. The van der Waals surface area contributed by atoms with E-state index in [9.17, 15) is 8.42 Å². The topological polar surface area (TPSA) is 61.4 Å². The molecule has 5 nitrogen and oxygen atoms in total. The maximum absolute atomic E-state index is 12.7. The third-order valence-corrected chi connectivity index (χ3v) is 6.84. The first kappa shape index (κ1) is 18.7. The minimum atomic E-state index is -3.43.